The van der Waals surface area contributed by atoms with Gasteiger partial charge in [0.05, 0.1) is 0 Å². The fraction of sp³-hybridized carbons (Fsp3) is 0.706. The molecule has 1 aliphatic carbocycles. The van der Waals surface area contributed by atoms with Crippen molar-refractivity contribution in [1.82, 2.24) is 9.88 Å². The first-order valence-corrected chi connectivity index (χ1v) is 8.52. The Morgan fingerprint density at radius 3 is 2.73 bits per heavy atom. The van der Waals surface area contributed by atoms with E-state index in [1.807, 2.05) is 6.07 Å². The van der Waals surface area contributed by atoms with Crippen LogP contribution in [0.1, 0.15) is 39.0 Å². The largest absolute Gasteiger partial charge is 0.378 e. The highest BCUT2D eigenvalue weighted by Crippen LogP contribution is 2.30. The van der Waals surface area contributed by atoms with Crippen molar-refractivity contribution in [1.29, 1.82) is 0 Å². The van der Waals surface area contributed by atoms with Crippen molar-refractivity contribution in [2.24, 2.45) is 5.92 Å². The Kier molecular flexibility index (Phi) is 4.84. The Hall–Kier alpha value is -1.33. The minimum atomic E-state index is -0.309. The van der Waals surface area contributed by atoms with Crippen molar-refractivity contribution in [2.75, 3.05) is 24.5 Å². The Balaban J connectivity index is 1.63. The van der Waals surface area contributed by atoms with Gasteiger partial charge in [-0.05, 0) is 31.7 Å². The molecular weight excluding hydrogens is 278 g/mol. The van der Waals surface area contributed by atoms with Crippen LogP contribution in [0.2, 0.25) is 0 Å². The fourth-order valence-corrected chi connectivity index (χ4v) is 3.93. The number of pyridine rings is 1. The van der Waals surface area contributed by atoms with Gasteiger partial charge in [-0.2, -0.15) is 0 Å². The number of aliphatic hydroxyl groups is 1. The highest BCUT2D eigenvalue weighted by atomic mass is 16.3. The molecule has 0 aromatic carbocycles. The molecule has 1 aromatic rings. The highest BCUT2D eigenvalue weighted by molar-refractivity contribution is 5.45. The van der Waals surface area contributed by atoms with Gasteiger partial charge in [0.2, 0.25) is 5.56 Å². The van der Waals surface area contributed by atoms with Crippen LogP contribution in [0.4, 0.5) is 5.69 Å². The van der Waals surface area contributed by atoms with E-state index in [0.29, 0.717) is 12.0 Å². The summed E-state index contributed by atoms with van der Waals surface area (Å²) in [6.07, 6.45) is 7.52. The Labute approximate surface area is 131 Å². The molecule has 2 heterocycles. The van der Waals surface area contributed by atoms with Crippen molar-refractivity contribution in [3.63, 3.8) is 0 Å². The number of piperazine rings is 1. The minimum Gasteiger partial charge on any atom is -0.378 e. The summed E-state index contributed by atoms with van der Waals surface area (Å²) in [6, 6.07) is 3.89. The number of hydrogen-bond acceptors (Lipinski definition) is 4. The first kappa shape index (κ1) is 15.6. The molecule has 3 rings (SSSR count). The number of nitrogens with one attached hydrogen (secondary N) is 1. The van der Waals surface area contributed by atoms with E-state index in [9.17, 15) is 9.90 Å². The summed E-state index contributed by atoms with van der Waals surface area (Å²) in [5, 5.41) is 10.7. The van der Waals surface area contributed by atoms with Gasteiger partial charge in [-0.3, -0.25) is 9.69 Å². The maximum atomic E-state index is 11.5. The van der Waals surface area contributed by atoms with Crippen molar-refractivity contribution < 1.29 is 5.11 Å². The number of aliphatic hydroxyl groups excluding tert-OH is 1. The summed E-state index contributed by atoms with van der Waals surface area (Å²) in [7, 11) is 0. The van der Waals surface area contributed by atoms with Gasteiger partial charge < -0.3 is 15.0 Å². The third kappa shape index (κ3) is 3.36. The third-order valence-corrected chi connectivity index (χ3v) is 5.21. The van der Waals surface area contributed by atoms with E-state index in [2.05, 4.69) is 21.7 Å². The lowest BCUT2D eigenvalue weighted by atomic mass is 9.87. The molecule has 0 radical (unpaired) electrons. The summed E-state index contributed by atoms with van der Waals surface area (Å²) in [4.78, 5) is 18.6. The van der Waals surface area contributed by atoms with Crippen LogP contribution < -0.4 is 10.5 Å². The van der Waals surface area contributed by atoms with E-state index in [4.69, 9.17) is 0 Å². The number of aromatic nitrogens is 1. The van der Waals surface area contributed by atoms with Gasteiger partial charge in [-0.25, -0.2) is 0 Å². The molecule has 2 fully saturated rings. The van der Waals surface area contributed by atoms with Gasteiger partial charge in [-0.1, -0.05) is 19.3 Å². The summed E-state index contributed by atoms with van der Waals surface area (Å²) in [6.45, 7) is 4.74. The van der Waals surface area contributed by atoms with Gasteiger partial charge in [0.1, 0.15) is 6.23 Å². The first-order valence-electron chi connectivity index (χ1n) is 8.52. The zero-order chi connectivity index (χ0) is 15.5. The molecule has 1 aromatic heterocycles. The van der Waals surface area contributed by atoms with Crippen LogP contribution in [-0.2, 0) is 0 Å². The second kappa shape index (κ2) is 6.84. The van der Waals surface area contributed by atoms with Crippen LogP contribution in [0, 0.1) is 5.92 Å². The van der Waals surface area contributed by atoms with Gasteiger partial charge in [0.15, 0.2) is 0 Å². The van der Waals surface area contributed by atoms with E-state index in [0.717, 1.165) is 38.2 Å². The number of H-pyrrole nitrogens is 1. The molecule has 1 saturated heterocycles. The molecule has 0 spiro atoms. The molecule has 1 aliphatic heterocycles. The summed E-state index contributed by atoms with van der Waals surface area (Å²) in [5.41, 5.74) is 0.914. The van der Waals surface area contributed by atoms with Crippen LogP contribution in [0.3, 0.4) is 0 Å². The Morgan fingerprint density at radius 2 is 2.05 bits per heavy atom. The summed E-state index contributed by atoms with van der Waals surface area (Å²) >= 11 is 0. The Bertz CT molecular complexity index is 539. The lowest BCUT2D eigenvalue weighted by Gasteiger charge is -2.45. The second-order valence-electron chi connectivity index (χ2n) is 6.76. The molecule has 1 unspecified atom stereocenters. The van der Waals surface area contributed by atoms with Crippen LogP contribution in [-0.4, -0.2) is 46.9 Å². The first-order chi connectivity index (χ1) is 10.6. The highest BCUT2D eigenvalue weighted by Gasteiger charge is 2.33. The molecule has 2 atom stereocenters. The van der Waals surface area contributed by atoms with E-state index < -0.39 is 0 Å². The van der Waals surface area contributed by atoms with Crippen molar-refractivity contribution in [3.8, 4) is 0 Å². The van der Waals surface area contributed by atoms with Crippen LogP contribution in [0.5, 0.6) is 0 Å². The van der Waals surface area contributed by atoms with Crippen LogP contribution in [0.25, 0.3) is 0 Å². The average Bonchev–Trinajstić information content (AvgIpc) is 2.55. The molecule has 5 nitrogen and oxygen atoms in total. The summed E-state index contributed by atoms with van der Waals surface area (Å²) in [5.74, 6) is 0.433. The predicted molar refractivity (Wildman–Crippen MR) is 88.0 cm³/mol. The zero-order valence-corrected chi connectivity index (χ0v) is 13.4. The normalized spacial score (nSPS) is 26.1. The van der Waals surface area contributed by atoms with E-state index >= 15 is 0 Å². The molecule has 1 saturated carbocycles. The molecular formula is C17H27N3O2. The molecule has 2 aliphatic rings. The van der Waals surface area contributed by atoms with E-state index in [1.54, 1.807) is 12.3 Å². The van der Waals surface area contributed by atoms with Gasteiger partial charge >= 0.3 is 0 Å². The number of hydrogen-bond donors (Lipinski definition) is 2. The SMILES string of the molecule is C[C@@H]1CN(c2cc[nH]c(=O)c2)CCN1C(O)C1CCCCC1. The standard InChI is InChI=1S/C17H27N3O2/c1-13-12-19(15-7-8-18-16(21)11-15)9-10-20(13)17(22)14-5-3-2-4-6-14/h7-8,11,13-14,17,22H,2-6,9-10,12H2,1H3,(H,18,21)/t13-,17?/m1/s1. The van der Waals surface area contributed by atoms with E-state index in [-0.39, 0.29) is 11.8 Å². The maximum Gasteiger partial charge on any atom is 0.249 e. The van der Waals surface area contributed by atoms with Gasteiger partial charge in [-0.15, -0.1) is 0 Å². The smallest absolute Gasteiger partial charge is 0.249 e. The van der Waals surface area contributed by atoms with Gasteiger partial charge in [0.25, 0.3) is 0 Å². The average molecular weight is 305 g/mol. The molecule has 22 heavy (non-hydrogen) atoms. The number of rotatable bonds is 3. The molecule has 2 N–H and O–H groups in total. The minimum absolute atomic E-state index is 0.0603. The number of nitrogens with zero attached hydrogens (tertiary/aromatic N) is 2. The monoisotopic (exact) mass is 305 g/mol. The number of aromatic amines is 1. The fourth-order valence-electron chi connectivity index (χ4n) is 3.93. The number of anilines is 1. The van der Waals surface area contributed by atoms with E-state index in [1.165, 1.54) is 19.3 Å². The van der Waals surface area contributed by atoms with Crippen LogP contribution in [0.15, 0.2) is 23.1 Å². The molecule has 122 valence electrons. The maximum absolute atomic E-state index is 11.5. The lowest BCUT2D eigenvalue weighted by Crippen LogP contribution is -2.57. The van der Waals surface area contributed by atoms with Crippen molar-refractivity contribution in [3.05, 3.63) is 28.7 Å². The van der Waals surface area contributed by atoms with Gasteiger partial charge in [0, 0.05) is 43.6 Å². The quantitative estimate of drug-likeness (QED) is 0.894. The topological polar surface area (TPSA) is 59.6 Å². The lowest BCUT2D eigenvalue weighted by molar-refractivity contribution is -0.0726. The second-order valence-corrected chi connectivity index (χ2v) is 6.76. The summed E-state index contributed by atoms with van der Waals surface area (Å²) < 4.78 is 0. The molecule has 0 bridgehead atoms. The van der Waals surface area contributed by atoms with Crippen molar-refractivity contribution in [2.45, 2.75) is 51.3 Å². The predicted octanol–water partition coefficient (Wildman–Crippen LogP) is 1.78. The third-order valence-electron chi connectivity index (χ3n) is 5.21. The van der Waals surface area contributed by atoms with Crippen molar-refractivity contribution >= 4 is 5.69 Å². The molecule has 0 amide bonds. The molecule has 5 heteroatoms. The Morgan fingerprint density at radius 1 is 1.27 bits per heavy atom. The van der Waals surface area contributed by atoms with Crippen LogP contribution >= 0.6 is 0 Å². The zero-order valence-electron chi connectivity index (χ0n) is 13.4.